The SMILES string of the molecule is CC/C=C\C=C(/C)C(C)Nc1nnc(C)c2[nH]c(=O)c(C)cc12. The van der Waals surface area contributed by atoms with E-state index < -0.39 is 0 Å². The number of rotatable bonds is 5. The van der Waals surface area contributed by atoms with Crippen LogP contribution in [0.1, 0.15) is 38.4 Å². The van der Waals surface area contributed by atoms with Crippen LogP contribution in [0.4, 0.5) is 5.82 Å². The highest BCUT2D eigenvalue weighted by molar-refractivity contribution is 5.90. The maximum atomic E-state index is 11.8. The lowest BCUT2D eigenvalue weighted by molar-refractivity contribution is 0.892. The molecule has 0 amide bonds. The molecule has 0 saturated carbocycles. The monoisotopic (exact) mass is 312 g/mol. The number of aromatic nitrogens is 3. The fourth-order valence-electron chi connectivity index (χ4n) is 2.26. The minimum Gasteiger partial charge on any atom is -0.362 e. The molecule has 23 heavy (non-hydrogen) atoms. The van der Waals surface area contributed by atoms with Crippen molar-refractivity contribution in [2.24, 2.45) is 0 Å². The van der Waals surface area contributed by atoms with Crippen LogP contribution in [0.15, 0.2) is 34.7 Å². The van der Waals surface area contributed by atoms with Crippen LogP contribution in [0.5, 0.6) is 0 Å². The van der Waals surface area contributed by atoms with Crippen molar-refractivity contribution in [3.63, 3.8) is 0 Å². The molecule has 5 nitrogen and oxygen atoms in total. The molecule has 0 bridgehead atoms. The smallest absolute Gasteiger partial charge is 0.251 e. The van der Waals surface area contributed by atoms with Gasteiger partial charge in [-0.1, -0.05) is 30.7 Å². The second-order valence-electron chi connectivity index (χ2n) is 5.82. The van der Waals surface area contributed by atoms with Crippen LogP contribution in [0.25, 0.3) is 10.9 Å². The summed E-state index contributed by atoms with van der Waals surface area (Å²) in [6.07, 6.45) is 7.30. The number of fused-ring (bicyclic) bond motifs is 1. The van der Waals surface area contributed by atoms with E-state index in [4.69, 9.17) is 0 Å². The largest absolute Gasteiger partial charge is 0.362 e. The molecule has 2 N–H and O–H groups in total. The zero-order chi connectivity index (χ0) is 17.0. The van der Waals surface area contributed by atoms with Crippen LogP contribution in [-0.4, -0.2) is 21.2 Å². The molecule has 0 aliphatic heterocycles. The van der Waals surface area contributed by atoms with E-state index in [0.29, 0.717) is 17.1 Å². The van der Waals surface area contributed by atoms with Crippen LogP contribution in [0, 0.1) is 13.8 Å². The number of aryl methyl sites for hydroxylation is 2. The third-order valence-electron chi connectivity index (χ3n) is 3.91. The third-order valence-corrected chi connectivity index (χ3v) is 3.91. The molecule has 0 radical (unpaired) electrons. The number of hydrogen-bond donors (Lipinski definition) is 2. The number of hydrogen-bond acceptors (Lipinski definition) is 4. The Kier molecular flexibility index (Phi) is 5.32. The van der Waals surface area contributed by atoms with E-state index in [9.17, 15) is 4.79 Å². The van der Waals surface area contributed by atoms with Crippen LogP contribution in [0.2, 0.25) is 0 Å². The van der Waals surface area contributed by atoms with Crippen molar-refractivity contribution in [3.05, 3.63) is 51.5 Å². The van der Waals surface area contributed by atoms with Crippen molar-refractivity contribution in [2.75, 3.05) is 5.32 Å². The van der Waals surface area contributed by atoms with Crippen LogP contribution >= 0.6 is 0 Å². The summed E-state index contributed by atoms with van der Waals surface area (Å²) in [5, 5.41) is 12.7. The number of H-pyrrole nitrogens is 1. The van der Waals surface area contributed by atoms with Crippen molar-refractivity contribution >= 4 is 16.7 Å². The lowest BCUT2D eigenvalue weighted by Gasteiger charge is -2.16. The van der Waals surface area contributed by atoms with E-state index >= 15 is 0 Å². The lowest BCUT2D eigenvalue weighted by atomic mass is 10.1. The number of allylic oxidation sites excluding steroid dienone is 3. The van der Waals surface area contributed by atoms with Gasteiger partial charge in [0.25, 0.3) is 5.56 Å². The van der Waals surface area contributed by atoms with Crippen LogP contribution in [-0.2, 0) is 0 Å². The summed E-state index contributed by atoms with van der Waals surface area (Å²) in [6.45, 7) is 9.90. The van der Waals surface area contributed by atoms with Gasteiger partial charge in [-0.25, -0.2) is 0 Å². The molecule has 122 valence electrons. The maximum absolute atomic E-state index is 11.8. The Hall–Kier alpha value is -2.43. The highest BCUT2D eigenvalue weighted by atomic mass is 16.1. The Balaban J connectivity index is 2.39. The molecule has 0 fully saturated rings. The van der Waals surface area contributed by atoms with Gasteiger partial charge in [-0.3, -0.25) is 4.79 Å². The van der Waals surface area contributed by atoms with Crippen molar-refractivity contribution < 1.29 is 0 Å². The average Bonchev–Trinajstić information content (AvgIpc) is 2.52. The standard InChI is InChI=1S/C18H24N4O/c1-6-7-8-9-11(2)13(4)19-17-15-10-12(3)18(23)20-16(15)14(5)21-22-17/h7-10,13H,6H2,1-5H3,(H,19,22)(H,20,23)/b8-7-,11-9+. The predicted octanol–water partition coefficient (Wildman–Crippen LogP) is 3.65. The first kappa shape index (κ1) is 16.9. The number of aromatic amines is 1. The topological polar surface area (TPSA) is 70.7 Å². The molecule has 5 heteroatoms. The molecule has 0 saturated heterocycles. The summed E-state index contributed by atoms with van der Waals surface area (Å²) in [4.78, 5) is 14.7. The highest BCUT2D eigenvalue weighted by Gasteiger charge is 2.12. The summed E-state index contributed by atoms with van der Waals surface area (Å²) in [6, 6.07) is 1.98. The Labute approximate surface area is 136 Å². The van der Waals surface area contributed by atoms with Gasteiger partial charge < -0.3 is 10.3 Å². The second kappa shape index (κ2) is 7.22. The van der Waals surface area contributed by atoms with E-state index in [1.54, 1.807) is 6.92 Å². The average molecular weight is 312 g/mol. The second-order valence-corrected chi connectivity index (χ2v) is 5.82. The third kappa shape index (κ3) is 3.86. The van der Waals surface area contributed by atoms with E-state index in [1.807, 2.05) is 13.0 Å². The van der Waals surface area contributed by atoms with Gasteiger partial charge in [0, 0.05) is 17.0 Å². The van der Waals surface area contributed by atoms with Gasteiger partial charge in [0.1, 0.15) is 0 Å². The van der Waals surface area contributed by atoms with Gasteiger partial charge >= 0.3 is 0 Å². The van der Waals surface area contributed by atoms with Crippen LogP contribution < -0.4 is 10.9 Å². The zero-order valence-corrected chi connectivity index (χ0v) is 14.4. The molecule has 1 atom stereocenters. The molecule has 2 aromatic heterocycles. The summed E-state index contributed by atoms with van der Waals surface area (Å²) in [7, 11) is 0. The van der Waals surface area contributed by atoms with Crippen molar-refractivity contribution in [1.29, 1.82) is 0 Å². The molecule has 0 spiro atoms. The molecular weight excluding hydrogens is 288 g/mol. The Morgan fingerprint density at radius 2 is 2.13 bits per heavy atom. The number of anilines is 1. The molecule has 0 aromatic carbocycles. The summed E-state index contributed by atoms with van der Waals surface area (Å²) in [5.41, 5.74) is 3.23. The number of pyridine rings is 1. The van der Waals surface area contributed by atoms with Gasteiger partial charge in [0.2, 0.25) is 0 Å². The van der Waals surface area contributed by atoms with Gasteiger partial charge in [0.05, 0.1) is 11.2 Å². The summed E-state index contributed by atoms with van der Waals surface area (Å²) >= 11 is 0. The van der Waals surface area contributed by atoms with Gasteiger partial charge in [-0.05, 0) is 40.2 Å². The van der Waals surface area contributed by atoms with Crippen molar-refractivity contribution in [2.45, 2.75) is 47.1 Å². The minimum absolute atomic E-state index is 0.0895. The lowest BCUT2D eigenvalue weighted by Crippen LogP contribution is -2.19. The van der Waals surface area contributed by atoms with E-state index in [-0.39, 0.29) is 11.6 Å². The first-order valence-corrected chi connectivity index (χ1v) is 7.90. The Bertz CT molecular complexity index is 818. The van der Waals surface area contributed by atoms with Gasteiger partial charge in [-0.2, -0.15) is 5.10 Å². The Morgan fingerprint density at radius 3 is 2.83 bits per heavy atom. The molecule has 1 unspecified atom stereocenters. The van der Waals surface area contributed by atoms with Crippen molar-refractivity contribution in [3.8, 4) is 0 Å². The quantitative estimate of drug-likeness (QED) is 0.827. The number of nitrogens with one attached hydrogen (secondary N) is 2. The van der Waals surface area contributed by atoms with Gasteiger partial charge in [-0.15, -0.1) is 5.10 Å². The molecule has 2 rings (SSSR count). The fraction of sp³-hybridized carbons (Fsp3) is 0.389. The molecule has 2 heterocycles. The molecule has 2 aromatic rings. The highest BCUT2D eigenvalue weighted by Crippen LogP contribution is 2.22. The van der Waals surface area contributed by atoms with Crippen LogP contribution in [0.3, 0.4) is 0 Å². The Morgan fingerprint density at radius 1 is 1.39 bits per heavy atom. The molecule has 0 aliphatic carbocycles. The number of nitrogens with zero attached hydrogens (tertiary/aromatic N) is 2. The minimum atomic E-state index is -0.0895. The van der Waals surface area contributed by atoms with E-state index in [2.05, 4.69) is 59.5 Å². The van der Waals surface area contributed by atoms with Gasteiger partial charge in [0.15, 0.2) is 5.82 Å². The normalized spacial score (nSPS) is 13.7. The molecule has 0 aliphatic rings. The van der Waals surface area contributed by atoms with E-state index in [1.165, 1.54) is 5.57 Å². The predicted molar refractivity (Wildman–Crippen MR) is 95.9 cm³/mol. The zero-order valence-electron chi connectivity index (χ0n) is 14.4. The fourth-order valence-corrected chi connectivity index (χ4v) is 2.26. The summed E-state index contributed by atoms with van der Waals surface area (Å²) in [5.74, 6) is 0.685. The first-order chi connectivity index (χ1) is 10.9. The van der Waals surface area contributed by atoms with Crippen molar-refractivity contribution in [1.82, 2.24) is 15.2 Å². The van der Waals surface area contributed by atoms with E-state index in [0.717, 1.165) is 17.3 Å². The molecular formula is C18H24N4O. The summed E-state index contributed by atoms with van der Waals surface area (Å²) < 4.78 is 0. The maximum Gasteiger partial charge on any atom is 0.251 e. The first-order valence-electron chi connectivity index (χ1n) is 7.90.